The minimum absolute atomic E-state index is 0.00884. The molecule has 2 saturated heterocycles. The van der Waals surface area contributed by atoms with Crippen molar-refractivity contribution in [2.45, 2.75) is 97.9 Å². The number of hydrogen-bond donors (Lipinski definition) is 0. The Morgan fingerprint density at radius 1 is 1.05 bits per heavy atom. The summed E-state index contributed by atoms with van der Waals surface area (Å²) in [5.74, 6) is -0.205. The predicted molar refractivity (Wildman–Crippen MR) is 157 cm³/mol. The first-order valence-electron chi connectivity index (χ1n) is 14.2. The van der Waals surface area contributed by atoms with Gasteiger partial charge in [-0.3, -0.25) is 19.4 Å². The standard InChI is InChI=1S/C30H42F3N5O2S/c1-20-19-36(25(39)28(3,4)5)21(2)18-35(20)14-10-8-9-11-15-37-27(41)38(26(40)29(37,6)7)23-13-12-22(17-34)24(16-23)30(31,32)33/h12-13,16,20-21H,8-11,14-15,18-19H2,1-7H3. The Morgan fingerprint density at radius 3 is 2.22 bits per heavy atom. The van der Waals surface area contributed by atoms with E-state index in [1.165, 1.54) is 6.07 Å². The molecule has 0 spiro atoms. The molecule has 0 N–H and O–H groups in total. The molecule has 11 heteroatoms. The number of rotatable bonds is 8. The van der Waals surface area contributed by atoms with Gasteiger partial charge in [0.25, 0.3) is 5.91 Å². The highest BCUT2D eigenvalue weighted by Crippen LogP contribution is 2.38. The average Bonchev–Trinajstić information content (AvgIpc) is 3.04. The van der Waals surface area contributed by atoms with Gasteiger partial charge < -0.3 is 9.80 Å². The zero-order valence-corrected chi connectivity index (χ0v) is 26.0. The zero-order chi connectivity index (χ0) is 30.9. The fourth-order valence-electron chi connectivity index (χ4n) is 5.60. The van der Waals surface area contributed by atoms with E-state index in [1.54, 1.807) is 24.8 Å². The molecule has 0 radical (unpaired) electrons. The predicted octanol–water partition coefficient (Wildman–Crippen LogP) is 5.82. The van der Waals surface area contributed by atoms with Gasteiger partial charge in [0, 0.05) is 37.1 Å². The molecule has 3 rings (SSSR count). The Bertz CT molecular complexity index is 1200. The van der Waals surface area contributed by atoms with E-state index in [-0.39, 0.29) is 28.8 Å². The van der Waals surface area contributed by atoms with Crippen molar-refractivity contribution in [3.05, 3.63) is 29.3 Å². The number of anilines is 1. The first-order valence-corrected chi connectivity index (χ1v) is 14.6. The van der Waals surface area contributed by atoms with Crippen LogP contribution in [-0.2, 0) is 15.8 Å². The number of thiocarbonyl (C=S) groups is 1. The maximum Gasteiger partial charge on any atom is 0.417 e. The van der Waals surface area contributed by atoms with Gasteiger partial charge in [-0.1, -0.05) is 33.6 Å². The van der Waals surface area contributed by atoms with Gasteiger partial charge in [0.15, 0.2) is 5.11 Å². The molecule has 226 valence electrons. The molecule has 0 aliphatic carbocycles. The third-order valence-electron chi connectivity index (χ3n) is 8.11. The van der Waals surface area contributed by atoms with Crippen LogP contribution in [0.4, 0.5) is 18.9 Å². The smallest absolute Gasteiger partial charge is 0.337 e. The lowest BCUT2D eigenvalue weighted by Gasteiger charge is -2.46. The molecule has 2 fully saturated rings. The molecule has 1 aromatic rings. The van der Waals surface area contributed by atoms with Crippen molar-refractivity contribution in [3.63, 3.8) is 0 Å². The SMILES string of the molecule is CC1CN(C(=O)C(C)(C)C)C(C)CN1CCCCCCN1C(=S)N(c2ccc(C#N)c(C(F)(F)F)c2)C(=O)C1(C)C. The number of piperazine rings is 1. The number of unbranched alkanes of at least 4 members (excludes halogenated alkanes) is 3. The fraction of sp³-hybridized carbons (Fsp3) is 0.667. The number of halogens is 3. The second-order valence-corrected chi connectivity index (χ2v) is 13.2. The Kier molecular flexibility index (Phi) is 9.81. The van der Waals surface area contributed by atoms with Gasteiger partial charge in [-0.25, -0.2) is 0 Å². The number of benzene rings is 1. The first-order chi connectivity index (χ1) is 18.9. The van der Waals surface area contributed by atoms with Crippen LogP contribution in [-0.4, -0.2) is 75.4 Å². The molecule has 2 aliphatic heterocycles. The normalized spacial score (nSPS) is 21.9. The van der Waals surface area contributed by atoms with Crippen molar-refractivity contribution in [2.24, 2.45) is 5.41 Å². The van der Waals surface area contributed by atoms with Crippen LogP contribution in [0, 0.1) is 16.7 Å². The van der Waals surface area contributed by atoms with E-state index in [0.29, 0.717) is 6.54 Å². The summed E-state index contributed by atoms with van der Waals surface area (Å²) in [6.45, 7) is 16.6. The van der Waals surface area contributed by atoms with Crippen LogP contribution < -0.4 is 4.90 Å². The maximum atomic E-state index is 13.5. The first kappa shape index (κ1) is 32.8. The number of carbonyl (C=O) groups is 2. The van der Waals surface area contributed by atoms with E-state index in [0.717, 1.165) is 62.4 Å². The molecule has 2 amide bonds. The summed E-state index contributed by atoms with van der Waals surface area (Å²) in [7, 11) is 0. The van der Waals surface area contributed by atoms with Gasteiger partial charge in [0.05, 0.1) is 22.9 Å². The van der Waals surface area contributed by atoms with Crippen LogP contribution in [0.15, 0.2) is 18.2 Å². The van der Waals surface area contributed by atoms with Crippen LogP contribution in [0.1, 0.15) is 85.3 Å². The molecule has 2 atom stereocenters. The van der Waals surface area contributed by atoms with Crippen molar-refractivity contribution in [2.75, 3.05) is 31.1 Å². The molecule has 41 heavy (non-hydrogen) atoms. The minimum atomic E-state index is -4.73. The van der Waals surface area contributed by atoms with Crippen molar-refractivity contribution in [3.8, 4) is 6.07 Å². The molecule has 0 saturated carbocycles. The van der Waals surface area contributed by atoms with Crippen molar-refractivity contribution >= 4 is 34.8 Å². The van der Waals surface area contributed by atoms with Crippen LogP contribution in [0.5, 0.6) is 0 Å². The number of hydrogen-bond acceptors (Lipinski definition) is 5. The lowest BCUT2D eigenvalue weighted by molar-refractivity contribution is -0.145. The zero-order valence-electron chi connectivity index (χ0n) is 25.1. The number of nitriles is 1. The monoisotopic (exact) mass is 593 g/mol. The quantitative estimate of drug-likeness (QED) is 0.280. The van der Waals surface area contributed by atoms with Gasteiger partial charge in [0.1, 0.15) is 5.54 Å². The summed E-state index contributed by atoms with van der Waals surface area (Å²) >= 11 is 5.58. The van der Waals surface area contributed by atoms with Gasteiger partial charge in [0.2, 0.25) is 5.91 Å². The molecule has 2 unspecified atom stereocenters. The fourth-order valence-corrected chi connectivity index (χ4v) is 6.11. The van der Waals surface area contributed by atoms with Crippen LogP contribution in [0.2, 0.25) is 0 Å². The Balaban J connectivity index is 1.53. The summed E-state index contributed by atoms with van der Waals surface area (Å²) in [4.78, 5) is 33.5. The van der Waals surface area contributed by atoms with Gasteiger partial charge in [-0.15, -0.1) is 0 Å². The molecule has 7 nitrogen and oxygen atoms in total. The molecule has 0 bridgehead atoms. The number of carbonyl (C=O) groups excluding carboxylic acids is 2. The van der Waals surface area contributed by atoms with Crippen LogP contribution in [0.3, 0.4) is 0 Å². The van der Waals surface area contributed by atoms with E-state index in [4.69, 9.17) is 17.5 Å². The number of amides is 2. The summed E-state index contributed by atoms with van der Waals surface area (Å²) in [6.07, 6.45) is -1.02. The van der Waals surface area contributed by atoms with E-state index in [2.05, 4.69) is 18.7 Å². The molecule has 1 aromatic carbocycles. The highest BCUT2D eigenvalue weighted by atomic mass is 32.1. The van der Waals surface area contributed by atoms with Crippen LogP contribution >= 0.6 is 12.2 Å². The Labute approximate surface area is 247 Å². The maximum absolute atomic E-state index is 13.5. The molecular weight excluding hydrogens is 551 g/mol. The van der Waals surface area contributed by atoms with E-state index in [9.17, 15) is 22.8 Å². The topological polar surface area (TPSA) is 70.9 Å². The molecule has 2 heterocycles. The summed E-state index contributed by atoms with van der Waals surface area (Å²) in [5.41, 5.74) is -2.97. The Hall–Kier alpha value is -2.71. The highest BCUT2D eigenvalue weighted by molar-refractivity contribution is 7.80. The number of alkyl halides is 3. The third kappa shape index (κ3) is 7.03. The summed E-state index contributed by atoms with van der Waals surface area (Å²) in [5, 5.41) is 9.27. The van der Waals surface area contributed by atoms with E-state index in [1.807, 2.05) is 25.7 Å². The second-order valence-electron chi connectivity index (χ2n) is 12.8. The third-order valence-corrected chi connectivity index (χ3v) is 8.51. The molecule has 2 aliphatic rings. The summed E-state index contributed by atoms with van der Waals surface area (Å²) in [6, 6.07) is 5.25. The second kappa shape index (κ2) is 12.3. The Morgan fingerprint density at radius 2 is 1.66 bits per heavy atom. The lowest BCUT2D eigenvalue weighted by Crippen LogP contribution is -2.59. The molecule has 0 aromatic heterocycles. The van der Waals surface area contributed by atoms with Crippen LogP contribution in [0.25, 0.3) is 0 Å². The van der Waals surface area contributed by atoms with Gasteiger partial charge in [-0.2, -0.15) is 18.4 Å². The lowest BCUT2D eigenvalue weighted by atomic mass is 9.92. The minimum Gasteiger partial charge on any atom is -0.337 e. The van der Waals surface area contributed by atoms with E-state index >= 15 is 0 Å². The van der Waals surface area contributed by atoms with Crippen molar-refractivity contribution < 1.29 is 22.8 Å². The van der Waals surface area contributed by atoms with Gasteiger partial charge >= 0.3 is 6.18 Å². The largest absolute Gasteiger partial charge is 0.417 e. The highest BCUT2D eigenvalue weighted by Gasteiger charge is 2.49. The summed E-state index contributed by atoms with van der Waals surface area (Å²) < 4.78 is 40.6. The average molecular weight is 594 g/mol. The van der Waals surface area contributed by atoms with Crippen molar-refractivity contribution in [1.29, 1.82) is 5.26 Å². The van der Waals surface area contributed by atoms with E-state index < -0.39 is 34.2 Å². The number of nitrogens with zero attached hydrogens (tertiary/aromatic N) is 5. The van der Waals surface area contributed by atoms with Crippen molar-refractivity contribution in [1.82, 2.24) is 14.7 Å². The molecular formula is C30H42F3N5O2S. The van der Waals surface area contributed by atoms with Gasteiger partial charge in [-0.05, 0) is 77.5 Å².